The third kappa shape index (κ3) is 2.09. The summed E-state index contributed by atoms with van der Waals surface area (Å²) in [4.78, 5) is 10.9. The normalized spacial score (nSPS) is 21.4. The second-order valence-corrected chi connectivity index (χ2v) is 5.08. The number of aromatic nitrogens is 4. The van der Waals surface area contributed by atoms with E-state index < -0.39 is 5.97 Å². The number of carboxylic acid groups (broad SMARTS) is 1. The predicted molar refractivity (Wildman–Crippen MR) is 67.1 cm³/mol. The monoisotopic (exact) mass is 258 g/mol. The van der Waals surface area contributed by atoms with Crippen LogP contribution >= 0.6 is 0 Å². The fraction of sp³-hybridized carbons (Fsp3) is 0.385. The summed E-state index contributed by atoms with van der Waals surface area (Å²) in [6, 6.07) is 6.06. The van der Waals surface area contributed by atoms with Crippen LogP contribution in [0.4, 0.5) is 0 Å². The lowest BCUT2D eigenvalue weighted by Crippen LogP contribution is -2.06. The van der Waals surface area contributed by atoms with E-state index in [9.17, 15) is 4.79 Å². The van der Waals surface area contributed by atoms with Gasteiger partial charge in [0.1, 0.15) is 0 Å². The molecule has 1 saturated carbocycles. The van der Waals surface area contributed by atoms with Crippen molar-refractivity contribution in [3.8, 4) is 5.69 Å². The molecule has 2 atom stereocenters. The summed E-state index contributed by atoms with van der Waals surface area (Å²) in [7, 11) is 0. The first kappa shape index (κ1) is 11.8. The van der Waals surface area contributed by atoms with Crippen molar-refractivity contribution < 1.29 is 9.90 Å². The molecule has 1 aliphatic carbocycles. The molecule has 3 rings (SSSR count). The van der Waals surface area contributed by atoms with Crippen molar-refractivity contribution in [1.82, 2.24) is 20.2 Å². The third-order valence-electron chi connectivity index (χ3n) is 3.38. The zero-order valence-corrected chi connectivity index (χ0v) is 10.7. The molecule has 1 aromatic carbocycles. The maximum atomic E-state index is 10.9. The topological polar surface area (TPSA) is 80.9 Å². The highest BCUT2D eigenvalue weighted by Crippen LogP contribution is 2.46. The molecular formula is C13H14N4O2. The Morgan fingerprint density at radius 3 is 2.58 bits per heavy atom. The SMILES string of the molecule is Cc1cc(C)cc(-n2nnnc2C2CC2C(=O)O)c1. The van der Waals surface area contributed by atoms with Crippen molar-refractivity contribution >= 4 is 5.97 Å². The molecular weight excluding hydrogens is 244 g/mol. The molecule has 0 spiro atoms. The number of hydrogen-bond donors (Lipinski definition) is 1. The van der Waals surface area contributed by atoms with Gasteiger partial charge in [-0.05, 0) is 54.0 Å². The van der Waals surface area contributed by atoms with Crippen LogP contribution in [0.15, 0.2) is 18.2 Å². The second kappa shape index (κ2) is 4.15. The standard InChI is InChI=1S/C13H14N4O2/c1-7-3-8(2)5-9(4-7)17-12(14-15-16-17)10-6-11(10)13(18)19/h3-5,10-11H,6H2,1-2H3,(H,18,19). The van der Waals surface area contributed by atoms with Crippen LogP contribution in [0.25, 0.3) is 5.69 Å². The summed E-state index contributed by atoms with van der Waals surface area (Å²) in [5, 5.41) is 20.6. The molecule has 1 fully saturated rings. The van der Waals surface area contributed by atoms with E-state index in [0.717, 1.165) is 16.8 Å². The Hall–Kier alpha value is -2.24. The van der Waals surface area contributed by atoms with Crippen LogP contribution in [0.1, 0.15) is 29.3 Å². The Bertz CT molecular complexity index is 630. The molecule has 0 aliphatic heterocycles. The largest absolute Gasteiger partial charge is 0.481 e. The Labute approximate surface area is 110 Å². The fourth-order valence-electron chi connectivity index (χ4n) is 2.44. The molecule has 6 heteroatoms. The first-order valence-corrected chi connectivity index (χ1v) is 6.16. The van der Waals surface area contributed by atoms with Crippen molar-refractivity contribution in [1.29, 1.82) is 0 Å². The summed E-state index contributed by atoms with van der Waals surface area (Å²) in [5.41, 5.74) is 3.14. The van der Waals surface area contributed by atoms with Crippen molar-refractivity contribution in [2.45, 2.75) is 26.2 Å². The second-order valence-electron chi connectivity index (χ2n) is 5.08. The van der Waals surface area contributed by atoms with Crippen LogP contribution in [0.5, 0.6) is 0 Å². The molecule has 1 aromatic heterocycles. The Balaban J connectivity index is 1.99. The molecule has 2 aromatic rings. The number of rotatable bonds is 3. The third-order valence-corrected chi connectivity index (χ3v) is 3.38. The van der Waals surface area contributed by atoms with Crippen LogP contribution < -0.4 is 0 Å². The number of carboxylic acids is 1. The summed E-state index contributed by atoms with van der Waals surface area (Å²) >= 11 is 0. The fourth-order valence-corrected chi connectivity index (χ4v) is 2.44. The van der Waals surface area contributed by atoms with Gasteiger partial charge in [0.15, 0.2) is 5.82 Å². The van der Waals surface area contributed by atoms with Crippen molar-refractivity contribution in [2.75, 3.05) is 0 Å². The van der Waals surface area contributed by atoms with E-state index in [1.165, 1.54) is 0 Å². The molecule has 0 radical (unpaired) electrons. The van der Waals surface area contributed by atoms with Gasteiger partial charge in [0, 0.05) is 5.92 Å². The highest BCUT2D eigenvalue weighted by molar-refractivity contribution is 5.74. The van der Waals surface area contributed by atoms with Gasteiger partial charge in [-0.2, -0.15) is 4.68 Å². The summed E-state index contributed by atoms with van der Waals surface area (Å²) < 4.78 is 1.65. The zero-order valence-electron chi connectivity index (χ0n) is 10.7. The number of aliphatic carboxylic acids is 1. The molecule has 0 bridgehead atoms. The molecule has 98 valence electrons. The maximum absolute atomic E-state index is 10.9. The lowest BCUT2D eigenvalue weighted by molar-refractivity contribution is -0.138. The molecule has 0 saturated heterocycles. The Morgan fingerprint density at radius 1 is 1.32 bits per heavy atom. The number of hydrogen-bond acceptors (Lipinski definition) is 4. The minimum absolute atomic E-state index is 0.0756. The summed E-state index contributed by atoms with van der Waals surface area (Å²) in [6.07, 6.45) is 0.612. The van der Waals surface area contributed by atoms with Crippen LogP contribution in [0, 0.1) is 19.8 Å². The van der Waals surface area contributed by atoms with E-state index in [1.807, 2.05) is 26.0 Å². The molecule has 1 N–H and O–H groups in total. The minimum Gasteiger partial charge on any atom is -0.481 e. The number of tetrazole rings is 1. The molecule has 0 amide bonds. The molecule has 6 nitrogen and oxygen atoms in total. The van der Waals surface area contributed by atoms with Gasteiger partial charge >= 0.3 is 5.97 Å². The average molecular weight is 258 g/mol. The van der Waals surface area contributed by atoms with Crippen LogP contribution in [0.2, 0.25) is 0 Å². The smallest absolute Gasteiger partial charge is 0.307 e. The molecule has 19 heavy (non-hydrogen) atoms. The first-order valence-electron chi connectivity index (χ1n) is 6.16. The highest BCUT2D eigenvalue weighted by Gasteiger charge is 2.47. The molecule has 1 aliphatic rings. The van der Waals surface area contributed by atoms with Crippen LogP contribution in [-0.2, 0) is 4.79 Å². The van der Waals surface area contributed by atoms with Crippen molar-refractivity contribution in [2.24, 2.45) is 5.92 Å². The van der Waals surface area contributed by atoms with Gasteiger partial charge in [-0.1, -0.05) is 6.07 Å². The number of benzene rings is 1. The number of aryl methyl sites for hydroxylation is 2. The Kier molecular flexibility index (Phi) is 2.58. The van der Waals surface area contributed by atoms with E-state index in [1.54, 1.807) is 4.68 Å². The van der Waals surface area contributed by atoms with Gasteiger partial charge in [0.05, 0.1) is 11.6 Å². The van der Waals surface area contributed by atoms with Crippen LogP contribution in [0.3, 0.4) is 0 Å². The van der Waals surface area contributed by atoms with Gasteiger partial charge in [-0.15, -0.1) is 5.10 Å². The number of nitrogens with zero attached hydrogens (tertiary/aromatic N) is 4. The molecule has 1 heterocycles. The van der Waals surface area contributed by atoms with E-state index >= 15 is 0 Å². The van der Waals surface area contributed by atoms with E-state index in [4.69, 9.17) is 5.11 Å². The summed E-state index contributed by atoms with van der Waals surface area (Å²) in [6.45, 7) is 4.02. The van der Waals surface area contributed by atoms with Gasteiger partial charge in [-0.3, -0.25) is 4.79 Å². The van der Waals surface area contributed by atoms with Gasteiger partial charge in [-0.25, -0.2) is 0 Å². The van der Waals surface area contributed by atoms with E-state index in [-0.39, 0.29) is 11.8 Å². The zero-order chi connectivity index (χ0) is 13.6. The first-order chi connectivity index (χ1) is 9.06. The summed E-state index contributed by atoms with van der Waals surface area (Å²) in [5.74, 6) is -0.568. The van der Waals surface area contributed by atoms with Crippen molar-refractivity contribution in [3.05, 3.63) is 35.2 Å². The van der Waals surface area contributed by atoms with E-state index in [2.05, 4.69) is 21.6 Å². The lowest BCUT2D eigenvalue weighted by atomic mass is 10.1. The Morgan fingerprint density at radius 2 is 2.00 bits per heavy atom. The number of carbonyl (C=O) groups is 1. The van der Waals surface area contributed by atoms with Crippen LogP contribution in [-0.4, -0.2) is 31.3 Å². The van der Waals surface area contributed by atoms with Gasteiger partial charge in [0.2, 0.25) is 0 Å². The quantitative estimate of drug-likeness (QED) is 0.901. The predicted octanol–water partition coefficient (Wildman–Crippen LogP) is 1.47. The highest BCUT2D eigenvalue weighted by atomic mass is 16.4. The van der Waals surface area contributed by atoms with E-state index in [0.29, 0.717) is 12.2 Å². The van der Waals surface area contributed by atoms with Crippen molar-refractivity contribution in [3.63, 3.8) is 0 Å². The average Bonchev–Trinajstić information content (AvgIpc) is 2.98. The molecule has 2 unspecified atom stereocenters. The lowest BCUT2D eigenvalue weighted by Gasteiger charge is -2.06. The maximum Gasteiger partial charge on any atom is 0.307 e. The minimum atomic E-state index is -0.778. The van der Waals surface area contributed by atoms with Gasteiger partial charge in [0.25, 0.3) is 0 Å². The van der Waals surface area contributed by atoms with Gasteiger partial charge < -0.3 is 5.11 Å².